The van der Waals surface area contributed by atoms with Crippen molar-refractivity contribution in [2.75, 3.05) is 32.7 Å². The minimum Gasteiger partial charge on any atom is -0.381 e. The van der Waals surface area contributed by atoms with Crippen molar-refractivity contribution in [1.82, 2.24) is 15.1 Å². The Morgan fingerprint density at radius 2 is 1.51 bits per heavy atom. The summed E-state index contributed by atoms with van der Waals surface area (Å²) in [6, 6.07) is 6.46. The van der Waals surface area contributed by atoms with Crippen molar-refractivity contribution in [2.45, 2.75) is 77.0 Å². The zero-order valence-electron chi connectivity index (χ0n) is 24.3. The Bertz CT molecular complexity index is 1280. The molecule has 218 valence electrons. The molecule has 0 radical (unpaired) electrons. The highest BCUT2D eigenvalue weighted by atomic mass is 35.5. The molecule has 6 heteroatoms. The topological polar surface area (TPSA) is 52.7 Å². The number of nitrogens with zero attached hydrogens (tertiary/aromatic N) is 2. The van der Waals surface area contributed by atoms with Crippen molar-refractivity contribution in [3.05, 3.63) is 63.3 Å². The number of aryl methyl sites for hydroxylation is 1. The monoisotopic (exact) mass is 573 g/mol. The number of hydrogen-bond acceptors (Lipinski definition) is 4. The van der Waals surface area contributed by atoms with E-state index < -0.39 is 0 Å². The third kappa shape index (κ3) is 5.33. The number of nitrogens with one attached hydrogen (secondary N) is 1. The molecule has 3 aliphatic carbocycles. The zero-order valence-corrected chi connectivity index (χ0v) is 25.1. The van der Waals surface area contributed by atoms with E-state index in [9.17, 15) is 9.59 Å². The number of carbonyl (C=O) groups excluding carboxylic acids is 2. The molecule has 1 aromatic carbocycles. The lowest BCUT2D eigenvalue weighted by Crippen LogP contribution is -2.43. The summed E-state index contributed by atoms with van der Waals surface area (Å²) in [6.45, 7) is 4.80. The summed E-state index contributed by atoms with van der Waals surface area (Å²) in [5.41, 5.74) is 8.48. The first-order valence-electron chi connectivity index (χ1n) is 16.3. The average Bonchev–Trinajstić information content (AvgIpc) is 3.13. The number of allylic oxidation sites excluding steroid dienone is 3. The molecule has 2 saturated carbocycles. The van der Waals surface area contributed by atoms with Crippen LogP contribution in [0.1, 0.15) is 81.8 Å². The van der Waals surface area contributed by atoms with Crippen LogP contribution in [0.15, 0.2) is 47.2 Å². The van der Waals surface area contributed by atoms with Gasteiger partial charge in [0.2, 0.25) is 11.8 Å². The third-order valence-electron chi connectivity index (χ3n) is 11.0. The maximum Gasteiger partial charge on any atom is 0.233 e. The van der Waals surface area contributed by atoms with E-state index in [1.807, 2.05) is 6.07 Å². The molecular formula is C35H44ClN3O2. The summed E-state index contributed by atoms with van der Waals surface area (Å²) in [5.74, 6) is 1.25. The van der Waals surface area contributed by atoms with Gasteiger partial charge in [-0.05, 0) is 92.0 Å². The van der Waals surface area contributed by atoms with Crippen LogP contribution in [0, 0.1) is 23.7 Å². The normalized spacial score (nSPS) is 30.6. The molecule has 3 aliphatic heterocycles. The van der Waals surface area contributed by atoms with E-state index in [1.165, 1.54) is 47.2 Å². The molecule has 3 heterocycles. The number of rotatable bonds is 4. The zero-order chi connectivity index (χ0) is 27.9. The van der Waals surface area contributed by atoms with Crippen LogP contribution in [0.2, 0.25) is 5.02 Å². The van der Waals surface area contributed by atoms with Gasteiger partial charge in [0, 0.05) is 49.0 Å². The fourth-order valence-electron chi connectivity index (χ4n) is 8.80. The Hall–Kier alpha value is -2.37. The highest BCUT2D eigenvalue weighted by Gasteiger charge is 2.49. The van der Waals surface area contributed by atoms with Crippen LogP contribution >= 0.6 is 11.6 Å². The third-order valence-corrected chi connectivity index (χ3v) is 11.2. The lowest BCUT2D eigenvalue weighted by molar-refractivity contribution is -0.141. The Kier molecular flexibility index (Phi) is 7.85. The standard InChI is InChI=1S/C35H44ClN3O2/c36-28-13-14-29-25(20-28)12-11-24-8-5-17-37-33(24)32(29)23-15-18-38(19-16-23)21-26-6-1-2-7-27(26)22-39-34(40)30-9-3-4-10-31(30)35(39)41/h5,8,13-14,20,26-27,30-31,37H,1-4,6-7,9-12,15-19,21-22H2/t26-,27-,30?,31?/m1/s1. The molecule has 41 heavy (non-hydrogen) atoms. The van der Waals surface area contributed by atoms with E-state index in [0.717, 1.165) is 89.0 Å². The van der Waals surface area contributed by atoms with Crippen LogP contribution in [-0.2, 0) is 16.0 Å². The van der Waals surface area contributed by atoms with Crippen molar-refractivity contribution in [3.63, 3.8) is 0 Å². The Labute approximate surface area is 250 Å². The molecule has 2 amide bonds. The molecule has 0 aromatic heterocycles. The maximum atomic E-state index is 13.2. The van der Waals surface area contributed by atoms with Gasteiger partial charge in [0.15, 0.2) is 0 Å². The van der Waals surface area contributed by atoms with Gasteiger partial charge in [-0.3, -0.25) is 14.5 Å². The lowest BCUT2D eigenvalue weighted by Gasteiger charge is -2.39. The molecule has 2 unspecified atom stereocenters. The van der Waals surface area contributed by atoms with Gasteiger partial charge in [-0.25, -0.2) is 0 Å². The SMILES string of the molecule is O=C1C2CCCCC2C(=O)N1C[C@H]1CCCC[C@@H]1CN1CCC(=C2C3=C(C=CCN3)CCc3cc(Cl)ccc32)CC1. The van der Waals surface area contributed by atoms with Crippen molar-refractivity contribution < 1.29 is 9.59 Å². The van der Waals surface area contributed by atoms with E-state index in [2.05, 4.69) is 34.5 Å². The van der Waals surface area contributed by atoms with Gasteiger partial charge in [-0.2, -0.15) is 0 Å². The summed E-state index contributed by atoms with van der Waals surface area (Å²) >= 11 is 6.43. The summed E-state index contributed by atoms with van der Waals surface area (Å²) in [6.07, 6.45) is 17.7. The highest BCUT2D eigenvalue weighted by molar-refractivity contribution is 6.30. The van der Waals surface area contributed by atoms with E-state index in [-0.39, 0.29) is 23.7 Å². The van der Waals surface area contributed by atoms with Crippen LogP contribution in [-0.4, -0.2) is 54.3 Å². The van der Waals surface area contributed by atoms with E-state index in [1.54, 1.807) is 10.5 Å². The van der Waals surface area contributed by atoms with Gasteiger partial charge in [0.1, 0.15) is 0 Å². The molecule has 2 saturated heterocycles. The van der Waals surface area contributed by atoms with Gasteiger partial charge in [-0.1, -0.05) is 61.1 Å². The molecule has 7 rings (SSSR count). The number of imide groups is 1. The molecule has 1 aromatic rings. The number of benzene rings is 1. The number of likely N-dealkylation sites (tertiary alicyclic amines) is 2. The predicted molar refractivity (Wildman–Crippen MR) is 164 cm³/mol. The van der Waals surface area contributed by atoms with Gasteiger partial charge >= 0.3 is 0 Å². The number of fused-ring (bicyclic) bond motifs is 2. The van der Waals surface area contributed by atoms with Gasteiger partial charge < -0.3 is 10.2 Å². The Balaban J connectivity index is 1.06. The molecular weight excluding hydrogens is 530 g/mol. The molecule has 0 bridgehead atoms. The molecule has 0 spiro atoms. The Morgan fingerprint density at radius 1 is 0.829 bits per heavy atom. The van der Waals surface area contributed by atoms with Crippen LogP contribution in [0.25, 0.3) is 5.57 Å². The maximum absolute atomic E-state index is 13.2. The minimum absolute atomic E-state index is 0.0261. The first-order valence-corrected chi connectivity index (χ1v) is 16.7. The fourth-order valence-corrected chi connectivity index (χ4v) is 8.99. The number of dihydropyridines is 1. The number of halogens is 1. The second-order valence-electron chi connectivity index (χ2n) is 13.4. The number of hydrogen-bond donors (Lipinski definition) is 1. The second kappa shape index (κ2) is 11.7. The van der Waals surface area contributed by atoms with Crippen molar-refractivity contribution in [3.8, 4) is 0 Å². The number of carbonyl (C=O) groups is 2. The van der Waals surface area contributed by atoms with E-state index in [0.29, 0.717) is 18.4 Å². The average molecular weight is 574 g/mol. The molecule has 4 fully saturated rings. The van der Waals surface area contributed by atoms with Crippen LogP contribution in [0.5, 0.6) is 0 Å². The van der Waals surface area contributed by atoms with Gasteiger partial charge in [-0.15, -0.1) is 0 Å². The largest absolute Gasteiger partial charge is 0.381 e. The van der Waals surface area contributed by atoms with E-state index >= 15 is 0 Å². The molecule has 4 atom stereocenters. The van der Waals surface area contributed by atoms with E-state index in [4.69, 9.17) is 11.6 Å². The van der Waals surface area contributed by atoms with Crippen LogP contribution in [0.3, 0.4) is 0 Å². The van der Waals surface area contributed by atoms with Crippen molar-refractivity contribution in [2.24, 2.45) is 23.7 Å². The predicted octanol–water partition coefficient (Wildman–Crippen LogP) is 6.53. The van der Waals surface area contributed by atoms with Gasteiger partial charge in [0.25, 0.3) is 0 Å². The van der Waals surface area contributed by atoms with Crippen molar-refractivity contribution in [1.29, 1.82) is 0 Å². The first kappa shape index (κ1) is 27.5. The first-order chi connectivity index (χ1) is 20.1. The van der Waals surface area contributed by atoms with Crippen LogP contribution in [0.4, 0.5) is 0 Å². The lowest BCUT2D eigenvalue weighted by atomic mass is 9.78. The molecule has 1 N–H and O–H groups in total. The van der Waals surface area contributed by atoms with Crippen molar-refractivity contribution >= 4 is 29.0 Å². The fraction of sp³-hybridized carbons (Fsp3) is 0.600. The highest BCUT2D eigenvalue weighted by Crippen LogP contribution is 2.42. The second-order valence-corrected chi connectivity index (χ2v) is 13.8. The smallest absolute Gasteiger partial charge is 0.233 e. The summed E-state index contributed by atoms with van der Waals surface area (Å²) in [4.78, 5) is 30.8. The number of piperidine rings is 1. The molecule has 6 aliphatic rings. The quantitative estimate of drug-likeness (QED) is 0.416. The summed E-state index contributed by atoms with van der Waals surface area (Å²) < 4.78 is 0. The minimum atomic E-state index is -0.0261. The van der Waals surface area contributed by atoms with Gasteiger partial charge in [0.05, 0.1) is 11.8 Å². The van der Waals surface area contributed by atoms with Crippen LogP contribution < -0.4 is 5.32 Å². The Morgan fingerprint density at radius 3 is 2.24 bits per heavy atom. The summed E-state index contributed by atoms with van der Waals surface area (Å²) in [7, 11) is 0. The number of amides is 2. The summed E-state index contributed by atoms with van der Waals surface area (Å²) in [5, 5.41) is 4.56. The molecule has 5 nitrogen and oxygen atoms in total.